The predicted molar refractivity (Wildman–Crippen MR) is 92.8 cm³/mol. The van der Waals surface area contributed by atoms with Crippen LogP contribution in [0.1, 0.15) is 21.8 Å². The number of pyridine rings is 1. The number of hydrogen-bond donors (Lipinski definition) is 0. The first kappa shape index (κ1) is 17.0. The molecular formula is C18H15ClN2O4. The average Bonchev–Trinajstić information content (AvgIpc) is 3.00. The first-order valence-corrected chi connectivity index (χ1v) is 7.87. The number of halogens is 1. The van der Waals surface area contributed by atoms with E-state index in [-0.39, 0.29) is 11.3 Å². The fourth-order valence-electron chi connectivity index (χ4n) is 2.53. The molecule has 1 aromatic carbocycles. The molecule has 0 fully saturated rings. The van der Waals surface area contributed by atoms with Crippen molar-refractivity contribution >= 4 is 17.6 Å². The molecule has 0 amide bonds. The summed E-state index contributed by atoms with van der Waals surface area (Å²) < 4.78 is 11.3. The minimum atomic E-state index is -0.619. The van der Waals surface area contributed by atoms with Gasteiger partial charge in [-0.05, 0) is 30.7 Å². The van der Waals surface area contributed by atoms with Gasteiger partial charge in [0.2, 0.25) is 0 Å². The van der Waals surface area contributed by atoms with Crippen molar-refractivity contribution in [1.82, 2.24) is 9.72 Å². The van der Waals surface area contributed by atoms with Gasteiger partial charge in [-0.1, -0.05) is 28.9 Å². The third kappa shape index (κ3) is 3.49. The van der Waals surface area contributed by atoms with E-state index in [1.54, 1.807) is 35.9 Å². The highest BCUT2D eigenvalue weighted by molar-refractivity contribution is 6.30. The molecule has 7 heteroatoms. The van der Waals surface area contributed by atoms with E-state index in [2.05, 4.69) is 5.16 Å². The largest absolute Gasteiger partial charge is 0.463 e. The van der Waals surface area contributed by atoms with Crippen molar-refractivity contribution in [2.75, 3.05) is 7.11 Å². The Balaban J connectivity index is 2.03. The minimum Gasteiger partial charge on any atom is -0.463 e. The number of nitrogens with zero attached hydrogens (tertiary/aromatic N) is 2. The van der Waals surface area contributed by atoms with Crippen LogP contribution in [-0.4, -0.2) is 22.8 Å². The van der Waals surface area contributed by atoms with Gasteiger partial charge in [0.05, 0.1) is 24.9 Å². The Hall–Kier alpha value is -2.86. The summed E-state index contributed by atoms with van der Waals surface area (Å²) in [5.41, 5.74) is 2.47. The molecule has 0 atom stereocenters. The van der Waals surface area contributed by atoms with E-state index in [1.807, 2.05) is 12.1 Å². The first-order chi connectivity index (χ1) is 12.0. The summed E-state index contributed by atoms with van der Waals surface area (Å²) in [6.07, 6.45) is 1.67. The third-order valence-corrected chi connectivity index (χ3v) is 4.02. The third-order valence-electron chi connectivity index (χ3n) is 3.77. The number of esters is 1. The number of rotatable bonds is 4. The molecule has 0 unspecified atom stereocenters. The molecule has 0 aliphatic heterocycles. The average molecular weight is 359 g/mol. The lowest BCUT2D eigenvalue weighted by Gasteiger charge is -2.09. The molecule has 2 aromatic heterocycles. The van der Waals surface area contributed by atoms with Crippen molar-refractivity contribution in [3.63, 3.8) is 0 Å². The van der Waals surface area contributed by atoms with Crippen molar-refractivity contribution in [2.24, 2.45) is 0 Å². The monoisotopic (exact) mass is 358 g/mol. The number of aromatic nitrogens is 2. The van der Waals surface area contributed by atoms with Crippen LogP contribution >= 0.6 is 11.6 Å². The van der Waals surface area contributed by atoms with E-state index in [1.165, 1.54) is 13.2 Å². The van der Waals surface area contributed by atoms with Crippen LogP contribution in [0.15, 0.2) is 51.9 Å². The number of aryl methyl sites for hydroxylation is 1. The van der Waals surface area contributed by atoms with Gasteiger partial charge in [0.1, 0.15) is 0 Å². The summed E-state index contributed by atoms with van der Waals surface area (Å²) in [6, 6.07) is 10.3. The van der Waals surface area contributed by atoms with E-state index < -0.39 is 5.97 Å². The highest BCUT2D eigenvalue weighted by Gasteiger charge is 2.22. The summed E-state index contributed by atoms with van der Waals surface area (Å²) in [5, 5.41) is 4.46. The van der Waals surface area contributed by atoms with Gasteiger partial charge in [-0.15, -0.1) is 0 Å². The molecule has 6 nitrogen and oxygen atoms in total. The van der Waals surface area contributed by atoms with Crippen LogP contribution in [-0.2, 0) is 11.3 Å². The quantitative estimate of drug-likeness (QED) is 0.669. The molecule has 0 spiro atoms. The lowest BCUT2D eigenvalue weighted by molar-refractivity contribution is 0.0555. The van der Waals surface area contributed by atoms with E-state index >= 15 is 0 Å². The number of hydrogen-bond acceptors (Lipinski definition) is 5. The maximum atomic E-state index is 12.2. The SMILES string of the molecule is COC(=O)c1onc(C)c1-c1ccc(=O)n(Cc2ccc(Cl)cc2)c1. The molecular weight excluding hydrogens is 344 g/mol. The minimum absolute atomic E-state index is 0.0108. The smallest absolute Gasteiger partial charge is 0.377 e. The molecule has 128 valence electrons. The van der Waals surface area contributed by atoms with Crippen LogP contribution in [0.2, 0.25) is 5.02 Å². The van der Waals surface area contributed by atoms with E-state index in [9.17, 15) is 9.59 Å². The fraction of sp³-hybridized carbons (Fsp3) is 0.167. The molecule has 0 aliphatic rings. The van der Waals surface area contributed by atoms with Crippen LogP contribution in [0, 0.1) is 6.92 Å². The summed E-state index contributed by atoms with van der Waals surface area (Å²) in [4.78, 5) is 24.0. The van der Waals surface area contributed by atoms with Gasteiger partial charge < -0.3 is 13.8 Å². The molecule has 0 bridgehead atoms. The summed E-state index contributed by atoms with van der Waals surface area (Å²) in [5.74, 6) is -0.609. The predicted octanol–water partition coefficient (Wildman–Crippen LogP) is 3.30. The van der Waals surface area contributed by atoms with Gasteiger partial charge in [0.25, 0.3) is 11.3 Å². The first-order valence-electron chi connectivity index (χ1n) is 7.49. The molecule has 0 N–H and O–H groups in total. The number of carbonyl (C=O) groups excluding carboxylic acids is 1. The fourth-order valence-corrected chi connectivity index (χ4v) is 2.66. The van der Waals surface area contributed by atoms with Gasteiger partial charge in [-0.2, -0.15) is 0 Å². The second-order valence-corrected chi connectivity index (χ2v) is 5.91. The number of ether oxygens (including phenoxy) is 1. The standard InChI is InChI=1S/C18H15ClN2O4/c1-11-16(17(25-20-11)18(23)24-2)13-5-8-15(22)21(10-13)9-12-3-6-14(19)7-4-12/h3-8,10H,9H2,1-2H3. The van der Waals surface area contributed by atoms with Crippen LogP contribution in [0.25, 0.3) is 11.1 Å². The van der Waals surface area contributed by atoms with Crippen molar-refractivity contribution < 1.29 is 14.1 Å². The van der Waals surface area contributed by atoms with Crippen LogP contribution in [0.3, 0.4) is 0 Å². The normalized spacial score (nSPS) is 10.7. The molecule has 0 aliphatic carbocycles. The zero-order valence-electron chi connectivity index (χ0n) is 13.7. The van der Waals surface area contributed by atoms with Crippen LogP contribution in [0.5, 0.6) is 0 Å². The molecule has 2 heterocycles. The molecule has 25 heavy (non-hydrogen) atoms. The van der Waals surface area contributed by atoms with Crippen LogP contribution in [0.4, 0.5) is 0 Å². The Labute approximate surface area is 148 Å². The Morgan fingerprint density at radius 1 is 1.24 bits per heavy atom. The van der Waals surface area contributed by atoms with Gasteiger partial charge >= 0.3 is 5.97 Å². The maximum absolute atomic E-state index is 12.2. The van der Waals surface area contributed by atoms with Crippen molar-refractivity contribution in [3.05, 3.63) is 75.0 Å². The Bertz CT molecular complexity index is 973. The van der Waals surface area contributed by atoms with Gasteiger partial charge in [-0.3, -0.25) is 4.79 Å². The highest BCUT2D eigenvalue weighted by Crippen LogP contribution is 2.27. The number of carbonyl (C=O) groups is 1. The second kappa shape index (κ2) is 6.94. The second-order valence-electron chi connectivity index (χ2n) is 5.47. The molecule has 3 aromatic rings. The van der Waals surface area contributed by atoms with E-state index in [0.29, 0.717) is 28.4 Å². The lowest BCUT2D eigenvalue weighted by Crippen LogP contribution is -2.19. The number of benzene rings is 1. The maximum Gasteiger partial charge on any atom is 0.377 e. The summed E-state index contributed by atoms with van der Waals surface area (Å²) >= 11 is 5.89. The van der Waals surface area contributed by atoms with Gasteiger partial charge in [-0.25, -0.2) is 4.79 Å². The van der Waals surface area contributed by atoms with Gasteiger partial charge in [0.15, 0.2) is 0 Å². The zero-order chi connectivity index (χ0) is 18.0. The van der Waals surface area contributed by atoms with Gasteiger partial charge in [0, 0.05) is 22.8 Å². The topological polar surface area (TPSA) is 74.3 Å². The van der Waals surface area contributed by atoms with Crippen LogP contribution < -0.4 is 5.56 Å². The zero-order valence-corrected chi connectivity index (χ0v) is 14.4. The summed E-state index contributed by atoms with van der Waals surface area (Å²) in [7, 11) is 1.27. The molecule has 0 saturated carbocycles. The Kier molecular flexibility index (Phi) is 4.72. The molecule has 0 saturated heterocycles. The van der Waals surface area contributed by atoms with E-state index in [0.717, 1.165) is 5.56 Å². The van der Waals surface area contributed by atoms with E-state index in [4.69, 9.17) is 20.9 Å². The van der Waals surface area contributed by atoms with Crippen molar-refractivity contribution in [2.45, 2.75) is 13.5 Å². The molecule has 0 radical (unpaired) electrons. The van der Waals surface area contributed by atoms with Crippen molar-refractivity contribution in [3.8, 4) is 11.1 Å². The molecule has 3 rings (SSSR count). The lowest BCUT2D eigenvalue weighted by atomic mass is 10.1. The Morgan fingerprint density at radius 3 is 2.64 bits per heavy atom. The van der Waals surface area contributed by atoms with Crippen molar-refractivity contribution in [1.29, 1.82) is 0 Å². The Morgan fingerprint density at radius 2 is 1.96 bits per heavy atom. The number of methoxy groups -OCH3 is 1. The summed E-state index contributed by atoms with van der Waals surface area (Å²) in [6.45, 7) is 2.10. The highest BCUT2D eigenvalue weighted by atomic mass is 35.5.